The minimum atomic E-state index is -0.872. The fraction of sp³-hybridized carbons (Fsp3) is 0.523. The molecule has 3 aromatic carbocycles. The molecule has 0 radical (unpaired) electrons. The van der Waals surface area contributed by atoms with Gasteiger partial charge in [-0.25, -0.2) is 0 Å². The Balaban J connectivity index is 1.25. The van der Waals surface area contributed by atoms with Gasteiger partial charge in [0, 0.05) is 43.6 Å². The molecule has 0 aromatic heterocycles. The summed E-state index contributed by atoms with van der Waals surface area (Å²) in [5, 5.41) is 15.8. The van der Waals surface area contributed by atoms with E-state index in [0.717, 1.165) is 52.6 Å². The predicted molar refractivity (Wildman–Crippen MR) is 207 cm³/mol. The summed E-state index contributed by atoms with van der Waals surface area (Å²) in [5.41, 5.74) is 5.30. The van der Waals surface area contributed by atoms with E-state index in [0.29, 0.717) is 31.5 Å². The topological polar surface area (TPSA) is 126 Å². The van der Waals surface area contributed by atoms with Crippen LogP contribution < -0.4 is 10.6 Å². The van der Waals surface area contributed by atoms with Crippen LogP contribution in [0.15, 0.2) is 72.8 Å². The van der Waals surface area contributed by atoms with Crippen molar-refractivity contribution in [2.45, 2.75) is 135 Å². The van der Waals surface area contributed by atoms with Crippen LogP contribution in [0.1, 0.15) is 114 Å². The van der Waals surface area contributed by atoms with E-state index in [9.17, 15) is 19.5 Å². The zero-order valence-corrected chi connectivity index (χ0v) is 32.4. The molecule has 0 unspecified atom stereocenters. The Labute approximate surface area is 319 Å². The molecule has 3 N–H and O–H groups in total. The molecular formula is C44H57N3O7. The summed E-state index contributed by atoms with van der Waals surface area (Å²) in [4.78, 5) is 40.1. The number of benzene rings is 3. The number of ether oxygens (including phenoxy) is 3. The number of carbonyl (C=O) groups excluding carboxylic acids is 3. The van der Waals surface area contributed by atoms with E-state index in [4.69, 9.17) is 14.2 Å². The molecule has 3 aliphatic rings. The molecule has 1 aliphatic carbocycles. The Morgan fingerprint density at radius 2 is 1.61 bits per heavy atom. The fourth-order valence-corrected chi connectivity index (χ4v) is 8.36. The lowest BCUT2D eigenvalue weighted by Gasteiger charge is -2.50. The number of fused-ring (bicyclic) bond motifs is 1. The fourth-order valence-electron chi connectivity index (χ4n) is 8.36. The first-order valence-corrected chi connectivity index (χ1v) is 19.6. The average Bonchev–Trinajstić information content (AvgIpc) is 3.16. The number of aliphatic hydroxyl groups is 1. The van der Waals surface area contributed by atoms with Crippen molar-refractivity contribution in [3.8, 4) is 11.1 Å². The first-order chi connectivity index (χ1) is 25.9. The van der Waals surface area contributed by atoms with Crippen LogP contribution in [0.4, 0.5) is 0 Å². The van der Waals surface area contributed by atoms with Crippen molar-refractivity contribution in [2.24, 2.45) is 5.92 Å². The third-order valence-electron chi connectivity index (χ3n) is 10.9. The summed E-state index contributed by atoms with van der Waals surface area (Å²) in [6.07, 6.45) is 5.33. The largest absolute Gasteiger partial charge is 0.453 e. The van der Waals surface area contributed by atoms with Gasteiger partial charge in [-0.2, -0.15) is 0 Å². The van der Waals surface area contributed by atoms with Gasteiger partial charge in [-0.15, -0.1) is 0 Å². The molecule has 6 rings (SSSR count). The summed E-state index contributed by atoms with van der Waals surface area (Å²) < 4.78 is 18.7. The van der Waals surface area contributed by atoms with Crippen molar-refractivity contribution < 1.29 is 33.7 Å². The van der Waals surface area contributed by atoms with Crippen LogP contribution in [-0.4, -0.2) is 64.2 Å². The Morgan fingerprint density at radius 1 is 0.889 bits per heavy atom. The van der Waals surface area contributed by atoms with Crippen molar-refractivity contribution in [1.82, 2.24) is 15.5 Å². The van der Waals surface area contributed by atoms with Gasteiger partial charge in [0.25, 0.3) is 5.91 Å². The Morgan fingerprint density at radius 3 is 2.33 bits per heavy atom. The maximum Gasteiger partial charge on any atom is 0.303 e. The number of esters is 1. The van der Waals surface area contributed by atoms with Crippen molar-refractivity contribution >= 4 is 17.8 Å². The minimum Gasteiger partial charge on any atom is -0.453 e. The zero-order valence-electron chi connectivity index (χ0n) is 32.4. The maximum atomic E-state index is 13.8. The molecule has 0 spiro atoms. The summed E-state index contributed by atoms with van der Waals surface area (Å²) >= 11 is 0. The van der Waals surface area contributed by atoms with Gasteiger partial charge < -0.3 is 30.0 Å². The standard InChI is InChI=1S/C44H57N3O7/c1-28(52-29(2)49)41(50)45-25-31-10-8-12-34(22-31)35-13-9-14-36(23-35)43-53-37(24-40(54-43)33-18-16-30(27-48)17-19-33)26-47-38-15-7-6-11-32(38)20-21-39(47)42(51)46-44(3,4)5/h8-10,12-14,16-19,22-23,28,32,37-40,43,48H,6-7,11,15,20-21,24-27H2,1-5H3,(H,45,50)(H,46,51)/t28-,32+,37-,38+,39+,40+,43+/m0/s1. The molecule has 10 heteroatoms. The van der Waals surface area contributed by atoms with E-state index in [1.807, 2.05) is 87.5 Å². The highest BCUT2D eigenvalue weighted by molar-refractivity contribution is 5.83. The Bertz CT molecular complexity index is 1760. The van der Waals surface area contributed by atoms with Gasteiger partial charge in [0.1, 0.15) is 0 Å². The van der Waals surface area contributed by atoms with E-state index in [1.54, 1.807) is 6.92 Å². The molecule has 2 heterocycles. The van der Waals surface area contributed by atoms with Gasteiger partial charge in [0.05, 0.1) is 24.9 Å². The molecule has 2 amide bonds. The second-order valence-electron chi connectivity index (χ2n) is 16.3. The lowest BCUT2D eigenvalue weighted by molar-refractivity contribution is -0.255. The zero-order chi connectivity index (χ0) is 38.4. The van der Waals surface area contributed by atoms with E-state index in [1.165, 1.54) is 26.2 Å². The number of piperidine rings is 1. The summed E-state index contributed by atoms with van der Waals surface area (Å²) in [6, 6.07) is 24.2. The molecule has 7 atom stereocenters. The molecule has 0 bridgehead atoms. The third-order valence-corrected chi connectivity index (χ3v) is 10.9. The van der Waals surface area contributed by atoms with Crippen LogP contribution in [0.25, 0.3) is 11.1 Å². The van der Waals surface area contributed by atoms with Gasteiger partial charge >= 0.3 is 5.97 Å². The number of hydrogen-bond acceptors (Lipinski definition) is 8. The van der Waals surface area contributed by atoms with Gasteiger partial charge in [-0.05, 0) is 99.2 Å². The number of hydrogen-bond donors (Lipinski definition) is 3. The Kier molecular flexibility index (Phi) is 12.9. The quantitative estimate of drug-likeness (QED) is 0.182. The summed E-state index contributed by atoms with van der Waals surface area (Å²) in [5.74, 6) is -0.170. The van der Waals surface area contributed by atoms with E-state index >= 15 is 0 Å². The van der Waals surface area contributed by atoms with Gasteiger partial charge in [0.2, 0.25) is 5.91 Å². The molecule has 2 saturated heterocycles. The predicted octanol–water partition coefficient (Wildman–Crippen LogP) is 6.90. The number of rotatable bonds is 11. The van der Waals surface area contributed by atoms with E-state index < -0.39 is 18.4 Å². The number of nitrogens with one attached hydrogen (secondary N) is 2. The van der Waals surface area contributed by atoms with Crippen LogP contribution in [-0.2, 0) is 41.7 Å². The molecule has 3 aromatic rings. The number of likely N-dealkylation sites (tertiary alicyclic amines) is 1. The first-order valence-electron chi connectivity index (χ1n) is 19.6. The van der Waals surface area contributed by atoms with Crippen LogP contribution in [0, 0.1) is 5.92 Å². The summed E-state index contributed by atoms with van der Waals surface area (Å²) in [6.45, 7) is 9.85. The molecule has 1 saturated carbocycles. The highest BCUT2D eigenvalue weighted by atomic mass is 16.7. The molecule has 54 heavy (non-hydrogen) atoms. The van der Waals surface area contributed by atoms with Crippen LogP contribution in [0.3, 0.4) is 0 Å². The monoisotopic (exact) mass is 739 g/mol. The van der Waals surface area contributed by atoms with Crippen molar-refractivity contribution in [3.63, 3.8) is 0 Å². The van der Waals surface area contributed by atoms with Crippen LogP contribution in [0.2, 0.25) is 0 Å². The lowest BCUT2D eigenvalue weighted by Crippen LogP contribution is -2.61. The second-order valence-corrected chi connectivity index (χ2v) is 16.3. The molecule has 10 nitrogen and oxygen atoms in total. The number of nitrogens with zero attached hydrogens (tertiary/aromatic N) is 1. The highest BCUT2D eigenvalue weighted by Crippen LogP contribution is 2.42. The van der Waals surface area contributed by atoms with Crippen LogP contribution >= 0.6 is 0 Å². The van der Waals surface area contributed by atoms with E-state index in [2.05, 4.69) is 21.6 Å². The molecule has 290 valence electrons. The van der Waals surface area contributed by atoms with Crippen molar-refractivity contribution in [2.75, 3.05) is 6.54 Å². The third kappa shape index (κ3) is 10.2. The number of amides is 2. The second kappa shape index (κ2) is 17.6. The number of aliphatic hydroxyl groups excluding tert-OH is 1. The van der Waals surface area contributed by atoms with Crippen LogP contribution in [0.5, 0.6) is 0 Å². The molecule has 3 fully saturated rings. The minimum absolute atomic E-state index is 0.0243. The van der Waals surface area contributed by atoms with Crippen molar-refractivity contribution in [3.05, 3.63) is 95.1 Å². The molecular weight excluding hydrogens is 682 g/mol. The van der Waals surface area contributed by atoms with Gasteiger partial charge in [-0.1, -0.05) is 73.5 Å². The van der Waals surface area contributed by atoms with Crippen molar-refractivity contribution in [1.29, 1.82) is 0 Å². The Hall–Kier alpha value is -4.09. The van der Waals surface area contributed by atoms with E-state index in [-0.39, 0.29) is 42.2 Å². The SMILES string of the molecule is CC(=O)O[C@@H](C)C(=O)NCc1cccc(-c2cccc([C@@H]3O[C@H](CN4[C@@H](C(=O)NC(C)(C)C)CC[C@H]5CCCC[C@H]54)C[C@H](c4ccc(CO)cc4)O3)c2)c1. The normalized spacial score (nSPS) is 25.2. The lowest BCUT2D eigenvalue weighted by atomic mass is 9.75. The molecule has 2 aliphatic heterocycles. The first kappa shape index (κ1) is 39.6. The van der Waals surface area contributed by atoms with Gasteiger partial charge in [-0.3, -0.25) is 19.3 Å². The summed E-state index contributed by atoms with van der Waals surface area (Å²) in [7, 11) is 0. The smallest absolute Gasteiger partial charge is 0.303 e. The maximum absolute atomic E-state index is 13.8. The van der Waals surface area contributed by atoms with Gasteiger partial charge in [0.15, 0.2) is 12.4 Å². The average molecular weight is 740 g/mol. The highest BCUT2D eigenvalue weighted by Gasteiger charge is 2.44. The number of carbonyl (C=O) groups is 3.